The second kappa shape index (κ2) is 10.9. The number of allylic oxidation sites excluding steroid dienone is 7. The molecule has 0 unspecified atom stereocenters. The van der Waals surface area contributed by atoms with Gasteiger partial charge >= 0.3 is 0 Å². The van der Waals surface area contributed by atoms with Crippen LogP contribution < -0.4 is 9.80 Å². The average Bonchev–Trinajstić information content (AvgIpc) is 3.30. The van der Waals surface area contributed by atoms with Crippen LogP contribution in [0, 0.1) is 17.8 Å². The van der Waals surface area contributed by atoms with Crippen LogP contribution in [0.3, 0.4) is 0 Å². The first kappa shape index (κ1) is 28.2. The maximum absolute atomic E-state index is 14.2. The number of Topliss-reactive ketones (excluding diaryl/α,β-unsaturated/α-hetero) is 1. The lowest BCUT2D eigenvalue weighted by molar-refractivity contribution is -0.123. The standard InChI is InChI=1S/C36H34N2O6/c1-3-5-21-6-4-7-25(34(21)41)30-24-12-13-26-31(27(24)19-28-29(39)18-20(2)33(40)32(28)30)36(43)38(35(26)42)23-10-8-22(9-11-23)37-14-16-44-17-15-37/h3-4,6-12,18,26-27,30-31,41H,1,5,13-17,19H2,2H3/t26-,27+,30+,31-/m0/s1. The number of carbonyl (C=O) groups excluding carboxylic acids is 4. The number of hydrogen-bond donors (Lipinski definition) is 1. The first-order valence-electron chi connectivity index (χ1n) is 15.2. The molecule has 0 saturated carbocycles. The number of aromatic hydroxyl groups is 1. The van der Waals surface area contributed by atoms with Gasteiger partial charge in [-0.15, -0.1) is 6.58 Å². The van der Waals surface area contributed by atoms with Crippen LogP contribution in [0.25, 0.3) is 0 Å². The van der Waals surface area contributed by atoms with E-state index in [9.17, 15) is 24.3 Å². The first-order valence-corrected chi connectivity index (χ1v) is 15.2. The molecule has 0 aromatic heterocycles. The van der Waals surface area contributed by atoms with Gasteiger partial charge in [-0.25, -0.2) is 0 Å². The van der Waals surface area contributed by atoms with E-state index in [0.717, 1.165) is 24.4 Å². The fraction of sp³-hybridized carbons (Fsp3) is 0.333. The predicted octanol–water partition coefficient (Wildman–Crippen LogP) is 4.59. The molecule has 0 spiro atoms. The maximum atomic E-state index is 14.2. The Balaban J connectivity index is 1.28. The van der Waals surface area contributed by atoms with Crippen molar-refractivity contribution in [1.29, 1.82) is 0 Å². The van der Waals surface area contributed by atoms with Gasteiger partial charge in [-0.05, 0) is 68.0 Å². The number of phenolic OH excluding ortho intramolecular Hbond substituents is 1. The monoisotopic (exact) mass is 590 g/mol. The molecule has 7 rings (SSSR count). The van der Waals surface area contributed by atoms with Gasteiger partial charge in [0.1, 0.15) is 5.75 Å². The predicted molar refractivity (Wildman–Crippen MR) is 165 cm³/mol. The van der Waals surface area contributed by atoms with Crippen LogP contribution in [0.15, 0.2) is 89.6 Å². The zero-order valence-electron chi connectivity index (χ0n) is 24.6. The molecule has 2 aromatic rings. The van der Waals surface area contributed by atoms with Crippen molar-refractivity contribution in [2.45, 2.75) is 32.1 Å². The Labute approximate surface area is 256 Å². The number of amides is 2. The number of nitrogens with zero attached hydrogens (tertiary/aromatic N) is 2. The smallest absolute Gasteiger partial charge is 0.238 e. The molecule has 2 fully saturated rings. The molecule has 1 N–H and O–H groups in total. The molecule has 8 nitrogen and oxygen atoms in total. The molecule has 5 aliphatic rings. The van der Waals surface area contributed by atoms with Gasteiger partial charge in [0.15, 0.2) is 11.6 Å². The number of rotatable bonds is 5. The molecule has 224 valence electrons. The van der Waals surface area contributed by atoms with E-state index in [-0.39, 0.29) is 35.6 Å². The summed E-state index contributed by atoms with van der Waals surface area (Å²) in [5.41, 5.74) is 4.63. The fourth-order valence-electron chi connectivity index (χ4n) is 7.77. The number of anilines is 2. The number of para-hydroxylation sites is 1. The van der Waals surface area contributed by atoms with Crippen LogP contribution in [0.5, 0.6) is 5.75 Å². The zero-order valence-corrected chi connectivity index (χ0v) is 24.6. The van der Waals surface area contributed by atoms with Crippen molar-refractivity contribution in [2.75, 3.05) is 36.1 Å². The number of benzene rings is 2. The summed E-state index contributed by atoms with van der Waals surface area (Å²) in [7, 11) is 0. The van der Waals surface area contributed by atoms with Crippen LogP contribution in [0.4, 0.5) is 11.4 Å². The first-order chi connectivity index (χ1) is 21.3. The molecule has 2 saturated heterocycles. The van der Waals surface area contributed by atoms with Crippen LogP contribution >= 0.6 is 0 Å². The van der Waals surface area contributed by atoms with Crippen molar-refractivity contribution in [3.8, 4) is 5.75 Å². The summed E-state index contributed by atoms with van der Waals surface area (Å²) in [6, 6.07) is 12.9. The van der Waals surface area contributed by atoms with Crippen molar-refractivity contribution >= 4 is 34.8 Å². The van der Waals surface area contributed by atoms with Gasteiger partial charge < -0.3 is 14.7 Å². The third-order valence-electron chi connectivity index (χ3n) is 9.87. The topological polar surface area (TPSA) is 104 Å². The number of fused-ring (bicyclic) bond motifs is 3. The highest BCUT2D eigenvalue weighted by atomic mass is 16.5. The summed E-state index contributed by atoms with van der Waals surface area (Å²) in [5.74, 6) is -3.36. The lowest BCUT2D eigenvalue weighted by atomic mass is 9.59. The van der Waals surface area contributed by atoms with Gasteiger partial charge in [-0.2, -0.15) is 0 Å². The fourth-order valence-corrected chi connectivity index (χ4v) is 7.77. The molecule has 2 heterocycles. The summed E-state index contributed by atoms with van der Waals surface area (Å²) in [4.78, 5) is 58.6. The van der Waals surface area contributed by atoms with Crippen molar-refractivity contribution < 1.29 is 29.0 Å². The minimum atomic E-state index is -0.695. The lowest BCUT2D eigenvalue weighted by Gasteiger charge is -2.42. The molecule has 3 aliphatic carbocycles. The molecule has 0 bridgehead atoms. The van der Waals surface area contributed by atoms with E-state index in [0.29, 0.717) is 59.6 Å². The Kier molecular flexibility index (Phi) is 6.97. The van der Waals surface area contributed by atoms with Gasteiger partial charge in [-0.1, -0.05) is 35.9 Å². The minimum absolute atomic E-state index is 0.0520. The highest BCUT2D eigenvalue weighted by Crippen LogP contribution is 2.56. The number of morpholine rings is 1. The van der Waals surface area contributed by atoms with E-state index in [1.165, 1.54) is 11.0 Å². The highest BCUT2D eigenvalue weighted by Gasteiger charge is 2.56. The Hall–Kier alpha value is -4.56. The van der Waals surface area contributed by atoms with Gasteiger partial charge in [0.2, 0.25) is 11.8 Å². The molecule has 4 atom stereocenters. The highest BCUT2D eigenvalue weighted by molar-refractivity contribution is 6.25. The molecule has 0 radical (unpaired) electrons. The second-order valence-electron chi connectivity index (χ2n) is 12.2. The normalized spacial score (nSPS) is 26.7. The Morgan fingerprint density at radius 1 is 0.977 bits per heavy atom. The summed E-state index contributed by atoms with van der Waals surface area (Å²) in [5, 5.41) is 11.4. The molecular formula is C36H34N2O6. The molecule has 2 aliphatic heterocycles. The molecular weight excluding hydrogens is 556 g/mol. The Morgan fingerprint density at radius 2 is 1.70 bits per heavy atom. The van der Waals surface area contributed by atoms with Crippen molar-refractivity contribution in [3.05, 3.63) is 101 Å². The number of phenols is 1. The zero-order chi connectivity index (χ0) is 30.7. The lowest BCUT2D eigenvalue weighted by Crippen LogP contribution is -2.40. The second-order valence-corrected chi connectivity index (χ2v) is 12.2. The van der Waals surface area contributed by atoms with E-state index in [1.807, 2.05) is 42.5 Å². The number of carbonyl (C=O) groups is 4. The van der Waals surface area contributed by atoms with Crippen molar-refractivity contribution in [2.24, 2.45) is 17.8 Å². The number of ether oxygens (including phenoxy) is 1. The van der Waals surface area contributed by atoms with Crippen LogP contribution in [0.2, 0.25) is 0 Å². The van der Waals surface area contributed by atoms with Gasteiger partial charge in [0.25, 0.3) is 0 Å². The molecule has 8 heteroatoms. The molecule has 2 amide bonds. The van der Waals surface area contributed by atoms with E-state index >= 15 is 0 Å². The van der Waals surface area contributed by atoms with E-state index in [4.69, 9.17) is 4.74 Å². The van der Waals surface area contributed by atoms with Crippen molar-refractivity contribution in [1.82, 2.24) is 0 Å². The van der Waals surface area contributed by atoms with Crippen molar-refractivity contribution in [3.63, 3.8) is 0 Å². The van der Waals surface area contributed by atoms with E-state index in [1.54, 1.807) is 19.1 Å². The minimum Gasteiger partial charge on any atom is -0.507 e. The van der Waals surface area contributed by atoms with Crippen LogP contribution in [-0.2, 0) is 30.3 Å². The van der Waals surface area contributed by atoms with Crippen LogP contribution in [-0.4, -0.2) is 54.8 Å². The van der Waals surface area contributed by atoms with Gasteiger partial charge in [0, 0.05) is 47.0 Å². The Morgan fingerprint density at radius 3 is 2.43 bits per heavy atom. The third kappa shape index (κ3) is 4.31. The number of imide groups is 1. The largest absolute Gasteiger partial charge is 0.507 e. The van der Waals surface area contributed by atoms with Gasteiger partial charge in [-0.3, -0.25) is 24.1 Å². The quantitative estimate of drug-likeness (QED) is 0.309. The number of ketones is 2. The van der Waals surface area contributed by atoms with Gasteiger partial charge in [0.05, 0.1) is 30.7 Å². The third-order valence-corrected chi connectivity index (χ3v) is 9.87. The summed E-state index contributed by atoms with van der Waals surface area (Å²) >= 11 is 0. The van der Waals surface area contributed by atoms with E-state index in [2.05, 4.69) is 11.5 Å². The van der Waals surface area contributed by atoms with Crippen LogP contribution in [0.1, 0.15) is 36.8 Å². The molecule has 2 aromatic carbocycles. The Bertz CT molecular complexity index is 1710. The average molecular weight is 591 g/mol. The SMILES string of the molecule is C=CCc1cccc([C@H]2C3=CC[C@@H]4C(=O)N(c5ccc(N6CCOCC6)cc5)C(=O)[C@@H]4[C@@H]3CC3=C2C(=O)C(C)=CC3=O)c1O. The van der Waals surface area contributed by atoms with E-state index < -0.39 is 23.7 Å². The number of hydrogen-bond acceptors (Lipinski definition) is 7. The summed E-state index contributed by atoms with van der Waals surface area (Å²) in [6.45, 7) is 8.30. The summed E-state index contributed by atoms with van der Waals surface area (Å²) in [6.07, 6.45) is 6.01. The maximum Gasteiger partial charge on any atom is 0.238 e. The molecule has 44 heavy (non-hydrogen) atoms. The summed E-state index contributed by atoms with van der Waals surface area (Å²) < 4.78 is 5.45.